The Labute approximate surface area is 156 Å². The average molecular weight is 361 g/mol. The summed E-state index contributed by atoms with van der Waals surface area (Å²) in [6.07, 6.45) is 5.41. The van der Waals surface area contributed by atoms with Crippen molar-refractivity contribution in [3.63, 3.8) is 0 Å². The molecule has 2 fully saturated rings. The number of hydrogen-bond acceptors (Lipinski definition) is 3. The maximum Gasteiger partial charge on any atom is 0.317 e. The molecule has 1 aromatic heterocycles. The van der Waals surface area contributed by atoms with Crippen LogP contribution in [0.3, 0.4) is 0 Å². The second kappa shape index (κ2) is 8.25. The van der Waals surface area contributed by atoms with Gasteiger partial charge in [0.25, 0.3) is 0 Å². The number of carbonyl (C=O) groups excluding carboxylic acids is 1. The van der Waals surface area contributed by atoms with Gasteiger partial charge in [-0.2, -0.15) is 5.10 Å². The van der Waals surface area contributed by atoms with Crippen LogP contribution in [0.5, 0.6) is 0 Å². The van der Waals surface area contributed by atoms with E-state index in [-0.39, 0.29) is 18.2 Å². The molecule has 0 radical (unpaired) electrons. The summed E-state index contributed by atoms with van der Waals surface area (Å²) in [6.45, 7) is 12.3. The standard InChI is InChI=1S/C20H32N4O2/c1-13(2)19-16(9-11-26-19)12-21-20(25)24-10-7-5-6-8-17(24)18-14(3)22-23-15(18)4/h16-17,19H,1,5-12H2,2-4H3,(H,21,25)(H,22,23). The van der Waals surface area contributed by atoms with E-state index in [1.54, 1.807) is 0 Å². The van der Waals surface area contributed by atoms with Crippen molar-refractivity contribution in [3.05, 3.63) is 29.1 Å². The molecule has 1 aromatic rings. The van der Waals surface area contributed by atoms with E-state index in [1.165, 1.54) is 12.0 Å². The number of ether oxygens (including phenoxy) is 1. The van der Waals surface area contributed by atoms with Crippen LogP contribution in [0.15, 0.2) is 12.2 Å². The van der Waals surface area contributed by atoms with E-state index in [4.69, 9.17) is 4.74 Å². The smallest absolute Gasteiger partial charge is 0.317 e. The summed E-state index contributed by atoms with van der Waals surface area (Å²) in [7, 11) is 0. The third-order valence-electron chi connectivity index (χ3n) is 5.75. The molecule has 0 saturated carbocycles. The number of carbonyl (C=O) groups is 1. The fraction of sp³-hybridized carbons (Fsp3) is 0.700. The Bertz CT molecular complexity index is 635. The number of nitrogens with one attached hydrogen (secondary N) is 2. The highest BCUT2D eigenvalue weighted by molar-refractivity contribution is 5.75. The topological polar surface area (TPSA) is 70.2 Å². The first-order valence-corrected chi connectivity index (χ1v) is 9.82. The zero-order valence-corrected chi connectivity index (χ0v) is 16.3. The number of hydrogen-bond donors (Lipinski definition) is 2. The van der Waals surface area contributed by atoms with Crippen LogP contribution in [0.25, 0.3) is 0 Å². The van der Waals surface area contributed by atoms with Crippen LogP contribution in [0, 0.1) is 19.8 Å². The highest BCUT2D eigenvalue weighted by Crippen LogP contribution is 2.33. The number of nitrogens with zero attached hydrogens (tertiary/aromatic N) is 2. The largest absolute Gasteiger partial charge is 0.374 e. The van der Waals surface area contributed by atoms with Gasteiger partial charge in [0.2, 0.25) is 0 Å². The van der Waals surface area contributed by atoms with E-state index in [9.17, 15) is 4.79 Å². The number of aryl methyl sites for hydroxylation is 2. The summed E-state index contributed by atoms with van der Waals surface area (Å²) in [5.41, 5.74) is 4.29. The van der Waals surface area contributed by atoms with Crippen LogP contribution in [0.4, 0.5) is 4.79 Å². The van der Waals surface area contributed by atoms with Gasteiger partial charge in [-0.1, -0.05) is 25.0 Å². The van der Waals surface area contributed by atoms with Gasteiger partial charge < -0.3 is 15.0 Å². The Kier molecular flexibility index (Phi) is 6.01. The highest BCUT2D eigenvalue weighted by Gasteiger charge is 2.32. The Morgan fingerprint density at radius 3 is 2.85 bits per heavy atom. The summed E-state index contributed by atoms with van der Waals surface area (Å²) >= 11 is 0. The molecular formula is C20H32N4O2. The lowest BCUT2D eigenvalue weighted by molar-refractivity contribution is 0.117. The lowest BCUT2D eigenvalue weighted by Crippen LogP contribution is -2.44. The van der Waals surface area contributed by atoms with Gasteiger partial charge in [-0.25, -0.2) is 4.79 Å². The molecule has 3 atom stereocenters. The minimum atomic E-state index is 0.0317. The molecule has 3 unspecified atom stereocenters. The highest BCUT2D eigenvalue weighted by atomic mass is 16.5. The Morgan fingerprint density at radius 1 is 1.35 bits per heavy atom. The van der Waals surface area contributed by atoms with Crippen molar-refractivity contribution >= 4 is 6.03 Å². The lowest BCUT2D eigenvalue weighted by atomic mass is 9.97. The molecule has 2 aliphatic rings. The van der Waals surface area contributed by atoms with E-state index in [1.807, 2.05) is 25.7 Å². The number of likely N-dealkylation sites (tertiary alicyclic amines) is 1. The number of urea groups is 1. The normalized spacial score (nSPS) is 26.6. The molecule has 3 rings (SSSR count). The zero-order chi connectivity index (χ0) is 18.7. The van der Waals surface area contributed by atoms with E-state index in [0.717, 1.165) is 55.8 Å². The molecule has 144 valence electrons. The van der Waals surface area contributed by atoms with Crippen LogP contribution >= 0.6 is 0 Å². The van der Waals surface area contributed by atoms with Gasteiger partial charge in [0.05, 0.1) is 17.8 Å². The van der Waals surface area contributed by atoms with Crippen molar-refractivity contribution in [2.45, 2.75) is 65.0 Å². The number of H-pyrrole nitrogens is 1. The summed E-state index contributed by atoms with van der Waals surface area (Å²) in [5, 5.41) is 10.6. The number of aromatic amines is 1. The monoisotopic (exact) mass is 360 g/mol. The first kappa shape index (κ1) is 19.0. The maximum atomic E-state index is 13.0. The number of aromatic nitrogens is 2. The maximum absolute atomic E-state index is 13.0. The minimum Gasteiger partial charge on any atom is -0.374 e. The molecule has 26 heavy (non-hydrogen) atoms. The summed E-state index contributed by atoms with van der Waals surface area (Å²) < 4.78 is 5.76. The zero-order valence-electron chi connectivity index (χ0n) is 16.3. The van der Waals surface area contributed by atoms with Crippen LogP contribution in [0.1, 0.15) is 62.0 Å². The summed E-state index contributed by atoms with van der Waals surface area (Å²) in [6, 6.07) is 0.136. The van der Waals surface area contributed by atoms with Crippen LogP contribution < -0.4 is 5.32 Å². The van der Waals surface area contributed by atoms with Crippen molar-refractivity contribution in [2.75, 3.05) is 19.7 Å². The Balaban J connectivity index is 1.70. The average Bonchev–Trinajstić information content (AvgIpc) is 3.12. The second-order valence-electron chi connectivity index (χ2n) is 7.78. The molecule has 2 saturated heterocycles. The molecule has 3 heterocycles. The predicted octanol–water partition coefficient (Wildman–Crippen LogP) is 3.63. The van der Waals surface area contributed by atoms with Crippen molar-refractivity contribution in [2.24, 2.45) is 5.92 Å². The lowest BCUT2D eigenvalue weighted by Gasteiger charge is -2.31. The van der Waals surface area contributed by atoms with Crippen LogP contribution in [0.2, 0.25) is 0 Å². The second-order valence-corrected chi connectivity index (χ2v) is 7.78. The minimum absolute atomic E-state index is 0.0317. The summed E-state index contributed by atoms with van der Waals surface area (Å²) in [4.78, 5) is 15.1. The molecule has 0 aliphatic carbocycles. The van der Waals surface area contributed by atoms with E-state index < -0.39 is 0 Å². The molecular weight excluding hydrogens is 328 g/mol. The van der Waals surface area contributed by atoms with Gasteiger partial charge in [0, 0.05) is 36.9 Å². The fourth-order valence-corrected chi connectivity index (χ4v) is 4.41. The molecule has 0 spiro atoms. The van der Waals surface area contributed by atoms with Gasteiger partial charge in [-0.15, -0.1) is 0 Å². The molecule has 0 aromatic carbocycles. The van der Waals surface area contributed by atoms with Crippen molar-refractivity contribution in [1.82, 2.24) is 20.4 Å². The predicted molar refractivity (Wildman–Crippen MR) is 102 cm³/mol. The number of amides is 2. The first-order chi connectivity index (χ1) is 12.5. The summed E-state index contributed by atoms with van der Waals surface area (Å²) in [5.74, 6) is 0.319. The van der Waals surface area contributed by atoms with Crippen LogP contribution in [-0.2, 0) is 4.74 Å². The quantitative estimate of drug-likeness (QED) is 0.806. The van der Waals surface area contributed by atoms with E-state index in [0.29, 0.717) is 12.5 Å². The van der Waals surface area contributed by atoms with E-state index in [2.05, 4.69) is 22.1 Å². The van der Waals surface area contributed by atoms with Gasteiger partial charge in [-0.05, 0) is 40.0 Å². The van der Waals surface area contributed by atoms with Crippen LogP contribution in [-0.4, -0.2) is 46.9 Å². The number of rotatable bonds is 4. The van der Waals surface area contributed by atoms with Gasteiger partial charge in [-0.3, -0.25) is 5.10 Å². The van der Waals surface area contributed by atoms with E-state index >= 15 is 0 Å². The SMILES string of the molecule is C=C(C)C1OCCC1CNC(=O)N1CCCCCC1c1c(C)n[nH]c1C. The third-order valence-corrected chi connectivity index (χ3v) is 5.75. The van der Waals surface area contributed by atoms with Crippen molar-refractivity contribution < 1.29 is 9.53 Å². The van der Waals surface area contributed by atoms with Gasteiger partial charge in [0.1, 0.15) is 0 Å². The third kappa shape index (κ3) is 3.95. The molecule has 0 bridgehead atoms. The fourth-order valence-electron chi connectivity index (χ4n) is 4.41. The first-order valence-electron chi connectivity index (χ1n) is 9.82. The molecule has 2 aliphatic heterocycles. The Morgan fingerprint density at radius 2 is 2.15 bits per heavy atom. The molecule has 6 heteroatoms. The molecule has 2 N–H and O–H groups in total. The van der Waals surface area contributed by atoms with Crippen molar-refractivity contribution in [1.29, 1.82) is 0 Å². The van der Waals surface area contributed by atoms with Crippen molar-refractivity contribution in [3.8, 4) is 0 Å². The van der Waals surface area contributed by atoms with Gasteiger partial charge >= 0.3 is 6.03 Å². The van der Waals surface area contributed by atoms with Gasteiger partial charge in [0.15, 0.2) is 0 Å². The molecule has 6 nitrogen and oxygen atoms in total. The Hall–Kier alpha value is -1.82. The molecule has 2 amide bonds.